The van der Waals surface area contributed by atoms with Gasteiger partial charge in [0.15, 0.2) is 0 Å². The summed E-state index contributed by atoms with van der Waals surface area (Å²) in [7, 11) is 0. The van der Waals surface area contributed by atoms with E-state index < -0.39 is 11.7 Å². The zero-order chi connectivity index (χ0) is 14.9. The maximum absolute atomic E-state index is 12.0. The number of fused-ring (bicyclic) bond motifs is 1. The Bertz CT molecular complexity index is 390. The van der Waals surface area contributed by atoms with Gasteiger partial charge in [-0.15, -0.1) is 0 Å². The van der Waals surface area contributed by atoms with E-state index in [4.69, 9.17) is 14.2 Å². The number of ether oxygens (including phenoxy) is 3. The fourth-order valence-electron chi connectivity index (χ4n) is 2.55. The average Bonchev–Trinajstić information content (AvgIpc) is 3.03. The van der Waals surface area contributed by atoms with Gasteiger partial charge < -0.3 is 19.5 Å². The Balaban J connectivity index is 1.95. The second-order valence-corrected chi connectivity index (χ2v) is 6.30. The molecule has 1 heterocycles. The lowest BCUT2D eigenvalue weighted by atomic mass is 9.84. The van der Waals surface area contributed by atoms with Crippen LogP contribution < -0.4 is 5.32 Å². The van der Waals surface area contributed by atoms with Crippen molar-refractivity contribution in [3.63, 3.8) is 0 Å². The number of hydrogen-bond acceptors (Lipinski definition) is 5. The highest BCUT2D eigenvalue weighted by molar-refractivity contribution is 5.75. The van der Waals surface area contributed by atoms with E-state index in [-0.39, 0.29) is 30.1 Å². The zero-order valence-electron chi connectivity index (χ0n) is 12.5. The summed E-state index contributed by atoms with van der Waals surface area (Å²) in [4.78, 5) is 23.8. The SMILES string of the molecule is CCOC(=O)[C@@H]1C[C@@H]2O[C@@H]2C[C@@H]1NC(=O)OC(C)(C)C. The Morgan fingerprint density at radius 3 is 2.50 bits per heavy atom. The smallest absolute Gasteiger partial charge is 0.407 e. The number of rotatable bonds is 3. The number of amides is 1. The molecular formula is C14H23NO5. The highest BCUT2D eigenvalue weighted by atomic mass is 16.6. The lowest BCUT2D eigenvalue weighted by Gasteiger charge is -2.29. The van der Waals surface area contributed by atoms with Gasteiger partial charge in [-0.1, -0.05) is 0 Å². The number of epoxide rings is 1. The van der Waals surface area contributed by atoms with Gasteiger partial charge in [0.2, 0.25) is 0 Å². The summed E-state index contributed by atoms with van der Waals surface area (Å²) in [6.07, 6.45) is 1.02. The predicted molar refractivity (Wildman–Crippen MR) is 71.2 cm³/mol. The second-order valence-electron chi connectivity index (χ2n) is 6.30. The average molecular weight is 285 g/mol. The third kappa shape index (κ3) is 3.85. The first-order valence-electron chi connectivity index (χ1n) is 7.11. The van der Waals surface area contributed by atoms with E-state index in [0.29, 0.717) is 19.4 Å². The van der Waals surface area contributed by atoms with Crippen LogP contribution in [0.2, 0.25) is 0 Å². The maximum Gasteiger partial charge on any atom is 0.407 e. The van der Waals surface area contributed by atoms with Gasteiger partial charge in [-0.25, -0.2) is 4.79 Å². The molecule has 1 saturated carbocycles. The summed E-state index contributed by atoms with van der Waals surface area (Å²) in [6, 6.07) is -0.285. The molecule has 0 bridgehead atoms. The highest BCUT2D eigenvalue weighted by Gasteiger charge is 2.51. The van der Waals surface area contributed by atoms with Crippen molar-refractivity contribution < 1.29 is 23.8 Å². The van der Waals surface area contributed by atoms with Crippen LogP contribution in [0.25, 0.3) is 0 Å². The lowest BCUT2D eigenvalue weighted by molar-refractivity contribution is -0.149. The van der Waals surface area contributed by atoms with E-state index in [9.17, 15) is 9.59 Å². The van der Waals surface area contributed by atoms with Gasteiger partial charge in [-0.05, 0) is 40.5 Å². The van der Waals surface area contributed by atoms with Crippen LogP contribution in [-0.4, -0.2) is 42.5 Å². The van der Waals surface area contributed by atoms with Crippen LogP contribution in [0.4, 0.5) is 4.79 Å². The number of esters is 1. The number of alkyl carbamates (subject to hydrolysis) is 1. The zero-order valence-corrected chi connectivity index (χ0v) is 12.5. The third-order valence-electron chi connectivity index (χ3n) is 3.44. The molecule has 4 atom stereocenters. The minimum Gasteiger partial charge on any atom is -0.466 e. The molecule has 20 heavy (non-hydrogen) atoms. The van der Waals surface area contributed by atoms with Gasteiger partial charge in [-0.2, -0.15) is 0 Å². The summed E-state index contributed by atoms with van der Waals surface area (Å²) >= 11 is 0. The first kappa shape index (κ1) is 15.1. The van der Waals surface area contributed by atoms with Crippen molar-refractivity contribution in [1.29, 1.82) is 0 Å². The van der Waals surface area contributed by atoms with Crippen LogP contribution >= 0.6 is 0 Å². The third-order valence-corrected chi connectivity index (χ3v) is 3.44. The number of nitrogens with one attached hydrogen (secondary N) is 1. The Morgan fingerprint density at radius 2 is 1.90 bits per heavy atom. The van der Waals surface area contributed by atoms with Crippen LogP contribution in [-0.2, 0) is 19.0 Å². The molecule has 1 aliphatic heterocycles. The Morgan fingerprint density at radius 1 is 1.25 bits per heavy atom. The molecule has 0 spiro atoms. The molecule has 1 amide bonds. The van der Waals surface area contributed by atoms with Crippen LogP contribution in [0.3, 0.4) is 0 Å². The Kier molecular flexibility index (Phi) is 4.22. The molecule has 1 aliphatic carbocycles. The summed E-state index contributed by atoms with van der Waals surface area (Å²) in [5, 5.41) is 2.78. The van der Waals surface area contributed by atoms with E-state index in [1.165, 1.54) is 0 Å². The van der Waals surface area contributed by atoms with Crippen molar-refractivity contribution in [1.82, 2.24) is 5.32 Å². The van der Waals surface area contributed by atoms with Crippen molar-refractivity contribution in [2.45, 2.75) is 64.4 Å². The van der Waals surface area contributed by atoms with Crippen LogP contribution in [0, 0.1) is 5.92 Å². The van der Waals surface area contributed by atoms with Crippen LogP contribution in [0.15, 0.2) is 0 Å². The monoisotopic (exact) mass is 285 g/mol. The van der Waals surface area contributed by atoms with Crippen molar-refractivity contribution in [3.8, 4) is 0 Å². The molecule has 114 valence electrons. The molecule has 0 unspecified atom stereocenters. The predicted octanol–water partition coefficient (Wildman–Crippen LogP) is 1.62. The first-order chi connectivity index (χ1) is 9.30. The molecule has 2 rings (SSSR count). The van der Waals surface area contributed by atoms with E-state index in [0.717, 1.165) is 0 Å². The molecule has 0 radical (unpaired) electrons. The first-order valence-corrected chi connectivity index (χ1v) is 7.11. The number of hydrogen-bond donors (Lipinski definition) is 1. The molecule has 0 aromatic rings. The standard InChI is InChI=1S/C14H23NO5/c1-5-18-12(16)8-6-10-11(19-10)7-9(8)15-13(17)20-14(2,3)4/h8-11H,5-7H2,1-4H3,(H,15,17)/t8-,9+,10+,11-/m1/s1. The largest absolute Gasteiger partial charge is 0.466 e. The fraction of sp³-hybridized carbons (Fsp3) is 0.857. The normalized spacial score (nSPS) is 32.0. The van der Waals surface area contributed by atoms with Crippen molar-refractivity contribution >= 4 is 12.1 Å². The van der Waals surface area contributed by atoms with Gasteiger partial charge >= 0.3 is 12.1 Å². The number of carbonyl (C=O) groups excluding carboxylic acids is 2. The van der Waals surface area contributed by atoms with Gasteiger partial charge in [0.1, 0.15) is 5.60 Å². The summed E-state index contributed by atoms with van der Waals surface area (Å²) < 4.78 is 15.8. The molecule has 2 aliphatic rings. The fourth-order valence-corrected chi connectivity index (χ4v) is 2.55. The molecule has 1 N–H and O–H groups in total. The quantitative estimate of drug-likeness (QED) is 0.630. The van der Waals surface area contributed by atoms with Crippen LogP contribution in [0.5, 0.6) is 0 Å². The summed E-state index contributed by atoms with van der Waals surface area (Å²) in [5.74, 6) is -0.631. The van der Waals surface area contributed by atoms with E-state index in [1.54, 1.807) is 27.7 Å². The molecular weight excluding hydrogens is 262 g/mol. The van der Waals surface area contributed by atoms with Crippen molar-refractivity contribution in [2.24, 2.45) is 5.92 Å². The number of carbonyl (C=O) groups is 2. The van der Waals surface area contributed by atoms with Gasteiger partial charge in [0.05, 0.1) is 24.7 Å². The minimum absolute atomic E-state index is 0.140. The Labute approximate surface area is 119 Å². The topological polar surface area (TPSA) is 77.2 Å². The van der Waals surface area contributed by atoms with Crippen molar-refractivity contribution in [3.05, 3.63) is 0 Å². The van der Waals surface area contributed by atoms with Gasteiger partial charge in [0, 0.05) is 6.04 Å². The Hall–Kier alpha value is -1.30. The van der Waals surface area contributed by atoms with Crippen molar-refractivity contribution in [2.75, 3.05) is 6.61 Å². The molecule has 2 fully saturated rings. The minimum atomic E-state index is -0.559. The molecule has 0 aromatic carbocycles. The van der Waals surface area contributed by atoms with E-state index in [1.807, 2.05) is 0 Å². The van der Waals surface area contributed by atoms with Gasteiger partial charge in [-0.3, -0.25) is 4.79 Å². The molecule has 1 saturated heterocycles. The maximum atomic E-state index is 12.0. The molecule has 6 nitrogen and oxygen atoms in total. The van der Waals surface area contributed by atoms with Crippen LogP contribution in [0.1, 0.15) is 40.5 Å². The molecule has 6 heteroatoms. The summed E-state index contributed by atoms with van der Waals surface area (Å²) in [5.41, 5.74) is -0.559. The van der Waals surface area contributed by atoms with E-state index >= 15 is 0 Å². The van der Waals surface area contributed by atoms with E-state index in [2.05, 4.69) is 5.32 Å². The highest BCUT2D eigenvalue weighted by Crippen LogP contribution is 2.40. The summed E-state index contributed by atoms with van der Waals surface area (Å²) in [6.45, 7) is 7.51. The molecule has 0 aromatic heterocycles. The second kappa shape index (κ2) is 5.60. The lowest BCUT2D eigenvalue weighted by Crippen LogP contribution is -2.48. The van der Waals surface area contributed by atoms with Gasteiger partial charge in [0.25, 0.3) is 0 Å².